The third kappa shape index (κ3) is 8.71. The number of carbonyl (C=O) groups is 2. The van der Waals surface area contributed by atoms with Crippen molar-refractivity contribution in [3.63, 3.8) is 0 Å². The van der Waals surface area contributed by atoms with Gasteiger partial charge in [0, 0.05) is 12.6 Å². The number of esters is 1. The maximum Gasteiger partial charge on any atom is 0.325 e. The largest absolute Gasteiger partial charge is 0.464 e. The third-order valence-electron chi connectivity index (χ3n) is 4.35. The molecule has 4 nitrogen and oxygen atoms in total. The molecule has 1 aromatic rings. The maximum absolute atomic E-state index is 12.3. The number of ether oxygens (including phenoxy) is 1. The molecule has 0 aromatic heterocycles. The van der Waals surface area contributed by atoms with E-state index in [0.717, 1.165) is 18.4 Å². The van der Waals surface area contributed by atoms with Crippen molar-refractivity contribution >= 4 is 11.9 Å². The zero-order valence-corrected chi connectivity index (χ0v) is 16.1. The third-order valence-corrected chi connectivity index (χ3v) is 4.35. The molecule has 0 saturated carbocycles. The summed E-state index contributed by atoms with van der Waals surface area (Å²) in [7, 11) is 1.63. The van der Waals surface area contributed by atoms with Gasteiger partial charge in [0.1, 0.15) is 6.54 Å². The van der Waals surface area contributed by atoms with Gasteiger partial charge < -0.3 is 9.64 Å². The van der Waals surface area contributed by atoms with Gasteiger partial charge in [0.25, 0.3) is 5.91 Å². The predicted molar refractivity (Wildman–Crippen MR) is 102 cm³/mol. The lowest BCUT2D eigenvalue weighted by Crippen LogP contribution is -2.33. The highest BCUT2D eigenvalue weighted by molar-refractivity contribution is 5.97. The topological polar surface area (TPSA) is 46.6 Å². The fraction of sp³-hybridized carbons (Fsp3) is 0.619. The number of hydrogen-bond donors (Lipinski definition) is 0. The Morgan fingerprint density at radius 3 is 2.20 bits per heavy atom. The number of amides is 1. The van der Waals surface area contributed by atoms with E-state index in [4.69, 9.17) is 4.74 Å². The van der Waals surface area contributed by atoms with Crippen molar-refractivity contribution in [3.8, 4) is 0 Å². The zero-order chi connectivity index (χ0) is 18.5. The quantitative estimate of drug-likeness (QED) is 0.405. The van der Waals surface area contributed by atoms with Crippen LogP contribution in [0.4, 0.5) is 0 Å². The summed E-state index contributed by atoms with van der Waals surface area (Å²) >= 11 is 0. The van der Waals surface area contributed by atoms with E-state index < -0.39 is 0 Å². The Morgan fingerprint density at radius 1 is 0.960 bits per heavy atom. The van der Waals surface area contributed by atoms with Gasteiger partial charge in [0.05, 0.1) is 6.61 Å². The number of nitrogens with zero attached hydrogens (tertiary/aromatic N) is 1. The van der Waals surface area contributed by atoms with Gasteiger partial charge in [0.2, 0.25) is 0 Å². The Bertz CT molecular complexity index is 528. The van der Waals surface area contributed by atoms with Crippen molar-refractivity contribution in [3.05, 3.63) is 35.4 Å². The fourth-order valence-electron chi connectivity index (χ4n) is 2.75. The highest BCUT2D eigenvalue weighted by atomic mass is 16.5. The van der Waals surface area contributed by atoms with Gasteiger partial charge in [-0.05, 0) is 25.0 Å². The minimum absolute atomic E-state index is 0.00974. The van der Waals surface area contributed by atoms with Crippen molar-refractivity contribution in [2.45, 2.75) is 65.2 Å². The molecule has 0 aliphatic rings. The molecular formula is C21H33NO3. The Balaban J connectivity index is 2.15. The van der Waals surface area contributed by atoms with Gasteiger partial charge in [0.15, 0.2) is 0 Å². The first-order valence-electron chi connectivity index (χ1n) is 9.53. The number of carbonyl (C=O) groups excluding carboxylic acids is 2. The lowest BCUT2D eigenvalue weighted by atomic mass is 10.1. The molecule has 0 aliphatic carbocycles. The van der Waals surface area contributed by atoms with E-state index in [1.165, 1.54) is 43.4 Å². The monoisotopic (exact) mass is 347 g/mol. The minimum Gasteiger partial charge on any atom is -0.464 e. The molecule has 0 fully saturated rings. The SMILES string of the molecule is CCCCCCCCCCOC(=O)CN(C)C(=O)c1ccccc1C. The standard InChI is InChI=1S/C21H33NO3/c1-4-5-6-7-8-9-10-13-16-25-20(23)17-22(3)21(24)19-15-12-11-14-18(19)2/h11-12,14-15H,4-10,13,16-17H2,1-3H3. The molecule has 0 N–H and O–H groups in total. The molecule has 0 heterocycles. The van der Waals surface area contributed by atoms with Crippen LogP contribution >= 0.6 is 0 Å². The average Bonchev–Trinajstić information content (AvgIpc) is 2.60. The summed E-state index contributed by atoms with van der Waals surface area (Å²) in [6.07, 6.45) is 9.69. The van der Waals surface area contributed by atoms with Crippen LogP contribution in [0.1, 0.15) is 74.2 Å². The summed E-state index contributed by atoms with van der Waals surface area (Å²) < 4.78 is 5.24. The highest BCUT2D eigenvalue weighted by Crippen LogP contribution is 2.10. The first-order valence-corrected chi connectivity index (χ1v) is 9.53. The summed E-state index contributed by atoms with van der Waals surface area (Å²) in [6, 6.07) is 7.39. The summed E-state index contributed by atoms with van der Waals surface area (Å²) in [4.78, 5) is 25.6. The van der Waals surface area contributed by atoms with Crippen LogP contribution in [0.15, 0.2) is 24.3 Å². The van der Waals surface area contributed by atoms with E-state index in [1.807, 2.05) is 25.1 Å². The second-order valence-corrected chi connectivity index (χ2v) is 6.67. The van der Waals surface area contributed by atoms with Crippen LogP contribution in [0.3, 0.4) is 0 Å². The molecule has 0 spiro atoms. The second kappa shape index (κ2) is 12.5. The van der Waals surface area contributed by atoms with Gasteiger partial charge in [-0.25, -0.2) is 0 Å². The average molecular weight is 347 g/mol. The molecule has 1 aromatic carbocycles. The number of unbranched alkanes of at least 4 members (excludes halogenated alkanes) is 7. The summed E-state index contributed by atoms with van der Waals surface area (Å²) in [5, 5.41) is 0. The van der Waals surface area contributed by atoms with Gasteiger partial charge in [-0.3, -0.25) is 9.59 Å². The molecule has 140 valence electrons. The maximum atomic E-state index is 12.3. The Hall–Kier alpha value is -1.84. The van der Waals surface area contributed by atoms with Crippen molar-refractivity contribution in [2.75, 3.05) is 20.2 Å². The number of benzene rings is 1. The van der Waals surface area contributed by atoms with Crippen LogP contribution in [0, 0.1) is 6.92 Å². The van der Waals surface area contributed by atoms with Gasteiger partial charge >= 0.3 is 5.97 Å². The molecule has 0 radical (unpaired) electrons. The predicted octanol–water partition coefficient (Wildman–Crippen LogP) is 4.75. The number of hydrogen-bond acceptors (Lipinski definition) is 3. The first kappa shape index (κ1) is 21.2. The number of aryl methyl sites for hydroxylation is 1. The van der Waals surface area contributed by atoms with Crippen LogP contribution in [0.5, 0.6) is 0 Å². The van der Waals surface area contributed by atoms with Crippen LogP contribution in [0.2, 0.25) is 0 Å². The number of likely N-dealkylation sites (N-methyl/N-ethyl adjacent to an activating group) is 1. The lowest BCUT2D eigenvalue weighted by Gasteiger charge is -2.17. The van der Waals surface area contributed by atoms with Gasteiger partial charge in [-0.1, -0.05) is 70.1 Å². The van der Waals surface area contributed by atoms with Gasteiger partial charge in [-0.15, -0.1) is 0 Å². The molecule has 1 amide bonds. The normalized spacial score (nSPS) is 10.5. The van der Waals surface area contributed by atoms with E-state index in [2.05, 4.69) is 6.92 Å². The van der Waals surface area contributed by atoms with E-state index in [1.54, 1.807) is 13.1 Å². The lowest BCUT2D eigenvalue weighted by molar-refractivity contribution is -0.144. The highest BCUT2D eigenvalue weighted by Gasteiger charge is 2.16. The summed E-state index contributed by atoms with van der Waals surface area (Å²) in [5.41, 5.74) is 1.53. The van der Waals surface area contributed by atoms with Crippen molar-refractivity contribution in [1.82, 2.24) is 4.90 Å². The Labute approximate surface area is 152 Å². The van der Waals surface area contributed by atoms with Crippen LogP contribution in [-0.4, -0.2) is 37.0 Å². The minimum atomic E-state index is -0.340. The molecule has 0 bridgehead atoms. The van der Waals surface area contributed by atoms with Crippen molar-refractivity contribution < 1.29 is 14.3 Å². The smallest absolute Gasteiger partial charge is 0.325 e. The van der Waals surface area contributed by atoms with Crippen molar-refractivity contribution in [1.29, 1.82) is 0 Å². The van der Waals surface area contributed by atoms with E-state index >= 15 is 0 Å². The Morgan fingerprint density at radius 2 is 1.56 bits per heavy atom. The Kier molecular flexibility index (Phi) is 10.6. The molecule has 1 rings (SSSR count). The van der Waals surface area contributed by atoms with Gasteiger partial charge in [-0.2, -0.15) is 0 Å². The molecular weight excluding hydrogens is 314 g/mol. The van der Waals surface area contributed by atoms with Crippen LogP contribution in [0.25, 0.3) is 0 Å². The summed E-state index contributed by atoms with van der Waals surface area (Å²) in [6.45, 7) is 4.55. The molecule has 0 atom stereocenters. The van der Waals surface area contributed by atoms with Crippen LogP contribution in [-0.2, 0) is 9.53 Å². The molecule has 0 saturated heterocycles. The summed E-state index contributed by atoms with van der Waals surface area (Å²) in [5.74, 6) is -0.491. The number of rotatable bonds is 12. The van der Waals surface area contributed by atoms with E-state index in [0.29, 0.717) is 12.2 Å². The van der Waals surface area contributed by atoms with Crippen molar-refractivity contribution in [2.24, 2.45) is 0 Å². The van der Waals surface area contributed by atoms with E-state index in [9.17, 15) is 9.59 Å². The molecule has 4 heteroatoms. The molecule has 25 heavy (non-hydrogen) atoms. The van der Waals surface area contributed by atoms with E-state index in [-0.39, 0.29) is 18.4 Å². The fourth-order valence-corrected chi connectivity index (χ4v) is 2.75. The second-order valence-electron chi connectivity index (χ2n) is 6.67. The first-order chi connectivity index (χ1) is 12.1. The van der Waals surface area contributed by atoms with Crippen LogP contribution < -0.4 is 0 Å². The molecule has 0 unspecified atom stereocenters. The molecule has 0 aliphatic heterocycles. The zero-order valence-electron chi connectivity index (χ0n) is 16.1.